The van der Waals surface area contributed by atoms with Gasteiger partial charge in [0, 0.05) is 6.54 Å². The minimum absolute atomic E-state index is 0.757. The number of hydrogen-bond donors (Lipinski definition) is 1. The highest BCUT2D eigenvalue weighted by molar-refractivity contribution is 5.61. The highest BCUT2D eigenvalue weighted by Crippen LogP contribution is 2.32. The first-order valence-electron chi connectivity index (χ1n) is 6.67. The number of rotatable bonds is 6. The molecule has 98 valence electrons. The van der Waals surface area contributed by atoms with Gasteiger partial charge in [-0.25, -0.2) is 0 Å². The van der Waals surface area contributed by atoms with Gasteiger partial charge in [-0.3, -0.25) is 0 Å². The van der Waals surface area contributed by atoms with Crippen molar-refractivity contribution in [2.75, 3.05) is 31.1 Å². The van der Waals surface area contributed by atoms with Crippen LogP contribution in [0.4, 0.5) is 5.69 Å². The molecule has 1 heterocycles. The Bertz CT molecular complexity index is 403. The average Bonchev–Trinajstić information content (AvgIpc) is 2.40. The van der Waals surface area contributed by atoms with Crippen LogP contribution in [0.15, 0.2) is 30.9 Å². The molecule has 1 aromatic rings. The summed E-state index contributed by atoms with van der Waals surface area (Å²) in [4.78, 5) is 2.32. The normalized spacial score (nSPS) is 13.9. The lowest BCUT2D eigenvalue weighted by atomic mass is 10.1. The standard InChI is InChI=1S/C15H22N2O/c1-2-9-17-10-11-18-15-7-6-13(12-14(15)17)5-3-4-8-16/h2,6-7,12H,1,3-5,8-11,16H2. The van der Waals surface area contributed by atoms with Crippen LogP contribution in [-0.4, -0.2) is 26.2 Å². The third-order valence-corrected chi connectivity index (χ3v) is 3.25. The van der Waals surface area contributed by atoms with E-state index in [2.05, 4.69) is 29.7 Å². The Labute approximate surface area is 109 Å². The Kier molecular flexibility index (Phi) is 4.65. The molecule has 0 saturated carbocycles. The highest BCUT2D eigenvalue weighted by Gasteiger charge is 2.17. The van der Waals surface area contributed by atoms with Gasteiger partial charge in [-0.1, -0.05) is 12.1 Å². The molecule has 0 fully saturated rings. The second-order valence-electron chi connectivity index (χ2n) is 4.63. The fourth-order valence-corrected chi connectivity index (χ4v) is 2.29. The summed E-state index contributed by atoms with van der Waals surface area (Å²) in [5.41, 5.74) is 8.09. The van der Waals surface area contributed by atoms with E-state index in [0.717, 1.165) is 51.3 Å². The van der Waals surface area contributed by atoms with E-state index < -0.39 is 0 Å². The Balaban J connectivity index is 2.11. The van der Waals surface area contributed by atoms with E-state index in [-0.39, 0.29) is 0 Å². The summed E-state index contributed by atoms with van der Waals surface area (Å²) in [5, 5.41) is 0. The first-order valence-corrected chi connectivity index (χ1v) is 6.67. The Hall–Kier alpha value is -1.48. The van der Waals surface area contributed by atoms with Crippen molar-refractivity contribution in [2.24, 2.45) is 5.73 Å². The second kappa shape index (κ2) is 6.45. The molecule has 0 atom stereocenters. The van der Waals surface area contributed by atoms with Crippen LogP contribution >= 0.6 is 0 Å². The molecule has 0 aromatic heterocycles. The Morgan fingerprint density at radius 3 is 3.06 bits per heavy atom. The topological polar surface area (TPSA) is 38.5 Å². The van der Waals surface area contributed by atoms with Crippen LogP contribution in [0.25, 0.3) is 0 Å². The summed E-state index contributed by atoms with van der Waals surface area (Å²) < 4.78 is 5.68. The average molecular weight is 246 g/mol. The molecule has 3 nitrogen and oxygen atoms in total. The van der Waals surface area contributed by atoms with Crippen molar-refractivity contribution >= 4 is 5.69 Å². The molecular formula is C15H22N2O. The molecule has 1 aromatic carbocycles. The van der Waals surface area contributed by atoms with Gasteiger partial charge in [0.05, 0.1) is 12.2 Å². The third-order valence-electron chi connectivity index (χ3n) is 3.25. The predicted molar refractivity (Wildman–Crippen MR) is 76.3 cm³/mol. The van der Waals surface area contributed by atoms with Crippen molar-refractivity contribution < 1.29 is 4.74 Å². The molecular weight excluding hydrogens is 224 g/mol. The van der Waals surface area contributed by atoms with Gasteiger partial charge in [-0.15, -0.1) is 6.58 Å². The minimum Gasteiger partial charge on any atom is -0.490 e. The molecule has 3 heteroatoms. The highest BCUT2D eigenvalue weighted by atomic mass is 16.5. The van der Waals surface area contributed by atoms with E-state index in [1.165, 1.54) is 11.3 Å². The Morgan fingerprint density at radius 2 is 2.28 bits per heavy atom. The van der Waals surface area contributed by atoms with Gasteiger partial charge < -0.3 is 15.4 Å². The summed E-state index contributed by atoms with van der Waals surface area (Å²) >= 11 is 0. The largest absolute Gasteiger partial charge is 0.490 e. The van der Waals surface area contributed by atoms with E-state index >= 15 is 0 Å². The van der Waals surface area contributed by atoms with Crippen LogP contribution in [0.1, 0.15) is 18.4 Å². The molecule has 1 aliphatic rings. The number of hydrogen-bond acceptors (Lipinski definition) is 3. The lowest BCUT2D eigenvalue weighted by Gasteiger charge is -2.30. The lowest BCUT2D eigenvalue weighted by Crippen LogP contribution is -2.32. The number of fused-ring (bicyclic) bond motifs is 1. The number of anilines is 1. The first kappa shape index (κ1) is 13.0. The third kappa shape index (κ3) is 3.05. The predicted octanol–water partition coefficient (Wildman–Crippen LogP) is 2.35. The van der Waals surface area contributed by atoms with E-state index in [0.29, 0.717) is 0 Å². The van der Waals surface area contributed by atoms with Crippen molar-refractivity contribution in [3.05, 3.63) is 36.4 Å². The zero-order valence-electron chi connectivity index (χ0n) is 10.9. The van der Waals surface area contributed by atoms with Crippen molar-refractivity contribution in [3.63, 3.8) is 0 Å². The molecule has 0 aliphatic carbocycles. The van der Waals surface area contributed by atoms with E-state index in [9.17, 15) is 0 Å². The quantitative estimate of drug-likeness (QED) is 0.618. The van der Waals surface area contributed by atoms with Crippen LogP contribution in [0.3, 0.4) is 0 Å². The number of nitrogens with zero attached hydrogens (tertiary/aromatic N) is 1. The maximum absolute atomic E-state index is 5.68. The van der Waals surface area contributed by atoms with Crippen LogP contribution in [0.5, 0.6) is 5.75 Å². The molecule has 18 heavy (non-hydrogen) atoms. The molecule has 0 bridgehead atoms. The molecule has 0 amide bonds. The van der Waals surface area contributed by atoms with Gasteiger partial charge in [0.1, 0.15) is 12.4 Å². The maximum Gasteiger partial charge on any atom is 0.142 e. The van der Waals surface area contributed by atoms with Gasteiger partial charge in [0.2, 0.25) is 0 Å². The first-order chi connectivity index (χ1) is 8.85. The van der Waals surface area contributed by atoms with Gasteiger partial charge in [0.25, 0.3) is 0 Å². The zero-order chi connectivity index (χ0) is 12.8. The van der Waals surface area contributed by atoms with Gasteiger partial charge in [-0.2, -0.15) is 0 Å². The number of aryl methyl sites for hydroxylation is 1. The monoisotopic (exact) mass is 246 g/mol. The SMILES string of the molecule is C=CCN1CCOc2ccc(CCCCN)cc21. The molecule has 2 N–H and O–H groups in total. The molecule has 0 radical (unpaired) electrons. The molecule has 0 unspecified atom stereocenters. The molecule has 0 spiro atoms. The van der Waals surface area contributed by atoms with E-state index in [4.69, 9.17) is 10.5 Å². The zero-order valence-corrected chi connectivity index (χ0v) is 10.9. The van der Waals surface area contributed by atoms with Gasteiger partial charge in [0.15, 0.2) is 0 Å². The smallest absolute Gasteiger partial charge is 0.142 e. The number of benzene rings is 1. The molecule has 1 aliphatic heterocycles. The summed E-state index contributed by atoms with van der Waals surface area (Å²) in [6.07, 6.45) is 5.27. The van der Waals surface area contributed by atoms with Crippen LogP contribution in [0, 0.1) is 0 Å². The molecule has 0 saturated heterocycles. The van der Waals surface area contributed by atoms with Crippen LogP contribution in [-0.2, 0) is 6.42 Å². The fourth-order valence-electron chi connectivity index (χ4n) is 2.29. The fraction of sp³-hybridized carbons (Fsp3) is 0.467. The van der Waals surface area contributed by atoms with Crippen molar-refractivity contribution in [1.29, 1.82) is 0 Å². The van der Waals surface area contributed by atoms with Gasteiger partial charge >= 0.3 is 0 Å². The number of unbranched alkanes of at least 4 members (excludes halogenated alkanes) is 1. The second-order valence-corrected chi connectivity index (χ2v) is 4.63. The van der Waals surface area contributed by atoms with E-state index in [1.54, 1.807) is 0 Å². The van der Waals surface area contributed by atoms with Crippen LogP contribution < -0.4 is 15.4 Å². The van der Waals surface area contributed by atoms with Crippen molar-refractivity contribution in [1.82, 2.24) is 0 Å². The van der Waals surface area contributed by atoms with Crippen molar-refractivity contribution in [3.8, 4) is 5.75 Å². The summed E-state index contributed by atoms with van der Waals surface area (Å²) in [7, 11) is 0. The lowest BCUT2D eigenvalue weighted by molar-refractivity contribution is 0.309. The van der Waals surface area contributed by atoms with Gasteiger partial charge in [-0.05, 0) is 43.5 Å². The Morgan fingerprint density at radius 1 is 1.39 bits per heavy atom. The van der Waals surface area contributed by atoms with Crippen LogP contribution in [0.2, 0.25) is 0 Å². The number of nitrogens with two attached hydrogens (primary N) is 1. The summed E-state index contributed by atoms with van der Waals surface area (Å²) in [6, 6.07) is 6.49. The summed E-state index contributed by atoms with van der Waals surface area (Å²) in [6.45, 7) is 7.16. The summed E-state index contributed by atoms with van der Waals surface area (Å²) in [5.74, 6) is 0.991. The molecule has 2 rings (SSSR count). The van der Waals surface area contributed by atoms with E-state index in [1.807, 2.05) is 6.08 Å². The van der Waals surface area contributed by atoms with Crippen molar-refractivity contribution in [2.45, 2.75) is 19.3 Å². The minimum atomic E-state index is 0.757. The maximum atomic E-state index is 5.68. The number of ether oxygens (including phenoxy) is 1.